The molecule has 12 heteroatoms. The third kappa shape index (κ3) is 7.09. The van der Waals surface area contributed by atoms with Gasteiger partial charge >= 0.3 is 18.1 Å². The Labute approximate surface area is 205 Å². The van der Waals surface area contributed by atoms with Gasteiger partial charge in [0.15, 0.2) is 0 Å². The number of likely N-dealkylation sites (N-methyl/N-ethyl adjacent to an activating group) is 1. The molecular formula is C23H25ClF3N5O3. The largest absolute Gasteiger partial charge is 0.472 e. The fourth-order valence-electron chi connectivity index (χ4n) is 3.52. The summed E-state index contributed by atoms with van der Waals surface area (Å²) < 4.78 is 36.8. The van der Waals surface area contributed by atoms with Crippen LogP contribution in [0.15, 0.2) is 48.5 Å². The van der Waals surface area contributed by atoms with Crippen LogP contribution in [0.5, 0.6) is 0 Å². The molecule has 4 amide bonds. The highest BCUT2D eigenvalue weighted by Crippen LogP contribution is 2.23. The van der Waals surface area contributed by atoms with Gasteiger partial charge in [-0.25, -0.2) is 4.79 Å². The van der Waals surface area contributed by atoms with Gasteiger partial charge in [0.25, 0.3) is 5.91 Å². The van der Waals surface area contributed by atoms with Crippen LogP contribution in [0.1, 0.15) is 22.8 Å². The van der Waals surface area contributed by atoms with Crippen molar-refractivity contribution in [3.05, 3.63) is 64.7 Å². The first-order valence-electron chi connectivity index (χ1n) is 10.9. The standard InChI is InChI=1S/C23H25ClF3N5O3/c1-2-30-11-13-31(14-12-30)22(35)32(19-9-7-18(24)8-10-19)15-16-3-5-17(6-4-16)20(33)28-29-21(34)23(25,26)27/h3-10H,2,11-15H2,1H3,(H,28,33)(H,29,34). The SMILES string of the molecule is CCN1CCN(C(=O)N(Cc2ccc(C(=O)NNC(=O)C(F)(F)F)cc2)c2ccc(Cl)cc2)CC1. The molecule has 188 valence electrons. The summed E-state index contributed by atoms with van der Waals surface area (Å²) in [7, 11) is 0. The quantitative estimate of drug-likeness (QED) is 0.602. The van der Waals surface area contributed by atoms with E-state index in [1.165, 1.54) is 17.6 Å². The Kier molecular flexibility index (Phi) is 8.57. The van der Waals surface area contributed by atoms with Gasteiger partial charge in [-0.3, -0.25) is 25.3 Å². The fraction of sp³-hybridized carbons (Fsp3) is 0.348. The minimum atomic E-state index is -5.11. The number of urea groups is 1. The number of hydrogen-bond acceptors (Lipinski definition) is 4. The van der Waals surface area contributed by atoms with Crippen molar-refractivity contribution < 1.29 is 27.6 Å². The van der Waals surface area contributed by atoms with Crippen LogP contribution in [0.25, 0.3) is 0 Å². The van der Waals surface area contributed by atoms with Crippen LogP contribution in [0.4, 0.5) is 23.7 Å². The number of amides is 4. The van der Waals surface area contributed by atoms with Crippen molar-refractivity contribution in [2.45, 2.75) is 19.6 Å². The van der Waals surface area contributed by atoms with Crippen LogP contribution in [0, 0.1) is 0 Å². The minimum absolute atomic E-state index is 0.0382. The van der Waals surface area contributed by atoms with Gasteiger partial charge in [-0.1, -0.05) is 30.7 Å². The number of carbonyl (C=O) groups excluding carboxylic acids is 3. The first-order valence-corrected chi connectivity index (χ1v) is 11.3. The van der Waals surface area contributed by atoms with Gasteiger partial charge in [-0.2, -0.15) is 13.2 Å². The van der Waals surface area contributed by atoms with Crippen LogP contribution in [0.3, 0.4) is 0 Å². The van der Waals surface area contributed by atoms with Crippen molar-refractivity contribution in [2.24, 2.45) is 0 Å². The van der Waals surface area contributed by atoms with Crippen LogP contribution in [-0.2, 0) is 11.3 Å². The van der Waals surface area contributed by atoms with E-state index in [1.807, 2.05) is 0 Å². The van der Waals surface area contributed by atoms with Gasteiger partial charge in [0.05, 0.1) is 6.54 Å². The van der Waals surface area contributed by atoms with Crippen molar-refractivity contribution in [3.63, 3.8) is 0 Å². The average Bonchev–Trinajstić information content (AvgIpc) is 2.85. The normalized spacial score (nSPS) is 14.4. The van der Waals surface area contributed by atoms with E-state index in [0.29, 0.717) is 29.4 Å². The summed E-state index contributed by atoms with van der Waals surface area (Å²) in [6.45, 7) is 5.95. The van der Waals surface area contributed by atoms with E-state index in [1.54, 1.807) is 51.6 Å². The monoisotopic (exact) mass is 511 g/mol. The zero-order valence-corrected chi connectivity index (χ0v) is 19.7. The maximum absolute atomic E-state index is 13.4. The summed E-state index contributed by atoms with van der Waals surface area (Å²) in [4.78, 5) is 42.0. The highest BCUT2D eigenvalue weighted by atomic mass is 35.5. The molecule has 2 aromatic rings. The van der Waals surface area contributed by atoms with E-state index in [2.05, 4.69) is 11.8 Å². The summed E-state index contributed by atoms with van der Waals surface area (Å²) in [6, 6.07) is 12.7. The maximum atomic E-state index is 13.4. The summed E-state index contributed by atoms with van der Waals surface area (Å²) >= 11 is 6.01. The van der Waals surface area contributed by atoms with E-state index in [4.69, 9.17) is 11.6 Å². The molecule has 0 bridgehead atoms. The molecule has 0 aromatic heterocycles. The molecule has 1 heterocycles. The number of alkyl halides is 3. The van der Waals surface area contributed by atoms with Crippen LogP contribution >= 0.6 is 11.6 Å². The molecule has 1 aliphatic heterocycles. The Morgan fingerprint density at radius 2 is 1.54 bits per heavy atom. The zero-order valence-electron chi connectivity index (χ0n) is 18.9. The lowest BCUT2D eigenvalue weighted by Crippen LogP contribution is -2.52. The lowest BCUT2D eigenvalue weighted by Gasteiger charge is -2.37. The number of anilines is 1. The third-order valence-corrected chi connectivity index (χ3v) is 5.82. The molecule has 0 saturated carbocycles. The number of nitrogens with one attached hydrogen (secondary N) is 2. The third-order valence-electron chi connectivity index (χ3n) is 5.56. The first-order chi connectivity index (χ1) is 16.6. The van der Waals surface area contributed by atoms with Gasteiger partial charge in [-0.05, 0) is 48.5 Å². The predicted octanol–water partition coefficient (Wildman–Crippen LogP) is 3.43. The summed E-state index contributed by atoms with van der Waals surface area (Å²) in [6.07, 6.45) is -5.11. The Morgan fingerprint density at radius 3 is 2.09 bits per heavy atom. The molecule has 35 heavy (non-hydrogen) atoms. The summed E-state index contributed by atoms with van der Waals surface area (Å²) in [5, 5.41) is 0.533. The molecular weight excluding hydrogens is 487 g/mol. The van der Waals surface area contributed by atoms with Crippen molar-refractivity contribution in [3.8, 4) is 0 Å². The molecule has 3 rings (SSSR count). The molecule has 1 fully saturated rings. The lowest BCUT2D eigenvalue weighted by molar-refractivity contribution is -0.174. The Morgan fingerprint density at radius 1 is 0.943 bits per heavy atom. The number of piperazine rings is 1. The molecule has 0 atom stereocenters. The minimum Gasteiger partial charge on any atom is -0.322 e. The smallest absolute Gasteiger partial charge is 0.322 e. The van der Waals surface area contributed by atoms with E-state index in [0.717, 1.165) is 19.6 Å². The van der Waals surface area contributed by atoms with Crippen LogP contribution in [-0.4, -0.2) is 66.5 Å². The molecule has 2 N–H and O–H groups in total. The molecule has 1 saturated heterocycles. The number of hydrogen-bond donors (Lipinski definition) is 2. The van der Waals surface area contributed by atoms with Crippen molar-refractivity contribution in [1.82, 2.24) is 20.7 Å². The van der Waals surface area contributed by atoms with Gasteiger partial charge in [0, 0.05) is 42.5 Å². The molecule has 2 aromatic carbocycles. The van der Waals surface area contributed by atoms with E-state index in [9.17, 15) is 27.6 Å². The second-order valence-electron chi connectivity index (χ2n) is 7.87. The van der Waals surface area contributed by atoms with Crippen molar-refractivity contribution in [2.75, 3.05) is 37.6 Å². The summed E-state index contributed by atoms with van der Waals surface area (Å²) in [5.41, 5.74) is 4.41. The number of nitrogens with zero attached hydrogens (tertiary/aromatic N) is 3. The molecule has 0 unspecified atom stereocenters. The van der Waals surface area contributed by atoms with Crippen LogP contribution in [0.2, 0.25) is 5.02 Å². The second kappa shape index (κ2) is 11.4. The number of halogens is 4. The first kappa shape index (κ1) is 26.3. The predicted molar refractivity (Wildman–Crippen MR) is 125 cm³/mol. The lowest BCUT2D eigenvalue weighted by atomic mass is 10.1. The van der Waals surface area contributed by atoms with E-state index < -0.39 is 18.0 Å². The van der Waals surface area contributed by atoms with Gasteiger partial charge in [-0.15, -0.1) is 0 Å². The van der Waals surface area contributed by atoms with Gasteiger partial charge in [0.1, 0.15) is 0 Å². The van der Waals surface area contributed by atoms with Crippen LogP contribution < -0.4 is 15.8 Å². The summed E-state index contributed by atoms with van der Waals surface area (Å²) in [5.74, 6) is -3.19. The highest BCUT2D eigenvalue weighted by molar-refractivity contribution is 6.30. The van der Waals surface area contributed by atoms with Gasteiger partial charge < -0.3 is 9.80 Å². The molecule has 0 radical (unpaired) electrons. The molecule has 1 aliphatic rings. The Hall–Kier alpha value is -3.31. The number of benzene rings is 2. The second-order valence-corrected chi connectivity index (χ2v) is 8.31. The zero-order chi connectivity index (χ0) is 25.6. The Balaban J connectivity index is 1.71. The number of hydrazine groups is 1. The number of carbonyl (C=O) groups is 3. The Bertz CT molecular complexity index is 1040. The highest BCUT2D eigenvalue weighted by Gasteiger charge is 2.39. The van der Waals surface area contributed by atoms with Gasteiger partial charge in [0.2, 0.25) is 0 Å². The average molecular weight is 512 g/mol. The molecule has 0 spiro atoms. The molecule has 0 aliphatic carbocycles. The molecule has 8 nitrogen and oxygen atoms in total. The van der Waals surface area contributed by atoms with Crippen molar-refractivity contribution in [1.29, 1.82) is 0 Å². The maximum Gasteiger partial charge on any atom is 0.472 e. The van der Waals surface area contributed by atoms with Crippen molar-refractivity contribution >= 4 is 35.1 Å². The fourth-order valence-corrected chi connectivity index (χ4v) is 3.64. The van der Waals surface area contributed by atoms with E-state index >= 15 is 0 Å². The number of rotatable bonds is 5. The topological polar surface area (TPSA) is 85.0 Å². The van der Waals surface area contributed by atoms with E-state index in [-0.39, 0.29) is 18.1 Å².